The van der Waals surface area contributed by atoms with Gasteiger partial charge in [0.05, 0.1) is 12.8 Å². The van der Waals surface area contributed by atoms with Crippen LogP contribution in [0, 0.1) is 0 Å². The number of methoxy groups -OCH3 is 1. The van der Waals surface area contributed by atoms with Crippen LogP contribution in [0.3, 0.4) is 0 Å². The standard InChI is InChI=1S/C13H17FN2O3/c1-8(15)19-10-5-6-13(14,12(17)18-2)9-4-3-7-16-11(9)10/h3-4,7-8,10H,5-6,15H2,1-2H3/t8-,10-,13+/m1/s1. The van der Waals surface area contributed by atoms with Gasteiger partial charge in [-0.25, -0.2) is 9.18 Å². The maximum absolute atomic E-state index is 14.9. The van der Waals surface area contributed by atoms with Gasteiger partial charge in [0.15, 0.2) is 0 Å². The molecule has 2 rings (SSSR count). The summed E-state index contributed by atoms with van der Waals surface area (Å²) in [6.07, 6.45) is 0.988. The average molecular weight is 268 g/mol. The van der Waals surface area contributed by atoms with Gasteiger partial charge in [-0.05, 0) is 25.8 Å². The van der Waals surface area contributed by atoms with Crippen molar-refractivity contribution >= 4 is 5.97 Å². The summed E-state index contributed by atoms with van der Waals surface area (Å²) in [5.41, 5.74) is 4.06. The van der Waals surface area contributed by atoms with Gasteiger partial charge >= 0.3 is 5.97 Å². The Hall–Kier alpha value is -1.53. The van der Waals surface area contributed by atoms with Crippen molar-refractivity contribution in [2.24, 2.45) is 5.73 Å². The molecule has 0 aliphatic heterocycles. The number of hydrogen-bond donors (Lipinski definition) is 1. The summed E-state index contributed by atoms with van der Waals surface area (Å²) in [4.78, 5) is 15.8. The predicted molar refractivity (Wildman–Crippen MR) is 65.7 cm³/mol. The van der Waals surface area contributed by atoms with Crippen molar-refractivity contribution < 1.29 is 18.7 Å². The van der Waals surface area contributed by atoms with E-state index in [1.165, 1.54) is 13.2 Å². The van der Waals surface area contributed by atoms with Crippen LogP contribution in [0.4, 0.5) is 4.39 Å². The van der Waals surface area contributed by atoms with Crippen LogP contribution in [0.15, 0.2) is 18.3 Å². The van der Waals surface area contributed by atoms with Gasteiger partial charge in [0, 0.05) is 11.8 Å². The summed E-state index contributed by atoms with van der Waals surface area (Å²) in [5.74, 6) is -0.902. The third-order valence-corrected chi connectivity index (χ3v) is 3.21. The average Bonchev–Trinajstić information content (AvgIpc) is 2.41. The first-order valence-corrected chi connectivity index (χ1v) is 6.13. The van der Waals surface area contributed by atoms with Gasteiger partial charge in [-0.15, -0.1) is 0 Å². The zero-order chi connectivity index (χ0) is 14.0. The zero-order valence-electron chi connectivity index (χ0n) is 10.9. The molecule has 6 heteroatoms. The van der Waals surface area contributed by atoms with Crippen LogP contribution < -0.4 is 5.73 Å². The summed E-state index contributed by atoms with van der Waals surface area (Å²) in [7, 11) is 1.17. The minimum absolute atomic E-state index is 0.00421. The Morgan fingerprint density at radius 3 is 3.05 bits per heavy atom. The highest BCUT2D eigenvalue weighted by atomic mass is 19.1. The number of nitrogens with two attached hydrogens (primary N) is 1. The number of ether oxygens (including phenoxy) is 2. The number of aromatic nitrogens is 1. The first-order valence-electron chi connectivity index (χ1n) is 6.13. The van der Waals surface area contributed by atoms with E-state index < -0.39 is 24.0 Å². The number of nitrogens with zero attached hydrogens (tertiary/aromatic N) is 1. The number of hydrogen-bond acceptors (Lipinski definition) is 5. The molecule has 0 unspecified atom stereocenters. The Kier molecular flexibility index (Phi) is 3.82. The molecule has 1 aromatic heterocycles. The molecule has 0 fully saturated rings. The third kappa shape index (κ3) is 2.46. The van der Waals surface area contributed by atoms with Crippen molar-refractivity contribution in [3.8, 4) is 0 Å². The first-order chi connectivity index (χ1) is 8.99. The molecule has 0 amide bonds. The van der Waals surface area contributed by atoms with E-state index in [0.717, 1.165) is 0 Å². The molecule has 1 aliphatic carbocycles. The molecule has 0 saturated carbocycles. The number of halogens is 1. The second kappa shape index (κ2) is 5.22. The summed E-state index contributed by atoms with van der Waals surface area (Å²) in [6, 6.07) is 3.13. The molecule has 2 N–H and O–H groups in total. The Balaban J connectivity index is 2.42. The van der Waals surface area contributed by atoms with E-state index in [1.807, 2.05) is 0 Å². The van der Waals surface area contributed by atoms with E-state index in [0.29, 0.717) is 12.1 Å². The fraction of sp³-hybridized carbons (Fsp3) is 0.538. The highest BCUT2D eigenvalue weighted by molar-refractivity contribution is 5.82. The molecular weight excluding hydrogens is 251 g/mol. The lowest BCUT2D eigenvalue weighted by molar-refractivity contribution is -0.158. The van der Waals surface area contributed by atoms with E-state index in [4.69, 9.17) is 10.5 Å². The molecule has 1 heterocycles. The Bertz CT molecular complexity index is 481. The monoisotopic (exact) mass is 268 g/mol. The van der Waals surface area contributed by atoms with Gasteiger partial charge in [0.1, 0.15) is 12.3 Å². The molecule has 0 spiro atoms. The summed E-state index contributed by atoms with van der Waals surface area (Å²) < 4.78 is 24.9. The fourth-order valence-electron chi connectivity index (χ4n) is 2.38. The van der Waals surface area contributed by atoms with Gasteiger partial charge < -0.3 is 15.2 Å². The van der Waals surface area contributed by atoms with Crippen molar-refractivity contribution in [1.82, 2.24) is 4.98 Å². The van der Waals surface area contributed by atoms with E-state index in [-0.39, 0.29) is 12.0 Å². The van der Waals surface area contributed by atoms with Gasteiger partial charge in [0.2, 0.25) is 5.67 Å². The van der Waals surface area contributed by atoms with Gasteiger partial charge in [-0.3, -0.25) is 4.98 Å². The Morgan fingerprint density at radius 2 is 2.42 bits per heavy atom. The lowest BCUT2D eigenvalue weighted by Crippen LogP contribution is -2.39. The number of fused-ring (bicyclic) bond motifs is 1. The maximum Gasteiger partial charge on any atom is 0.348 e. The molecule has 19 heavy (non-hydrogen) atoms. The van der Waals surface area contributed by atoms with Gasteiger partial charge in [-0.2, -0.15) is 0 Å². The minimum Gasteiger partial charge on any atom is -0.466 e. The van der Waals surface area contributed by atoms with Gasteiger partial charge in [0.25, 0.3) is 0 Å². The maximum atomic E-state index is 14.9. The molecule has 104 valence electrons. The van der Waals surface area contributed by atoms with Crippen molar-refractivity contribution in [1.29, 1.82) is 0 Å². The Labute approximate surface area is 110 Å². The molecule has 0 radical (unpaired) electrons. The zero-order valence-corrected chi connectivity index (χ0v) is 10.9. The molecule has 5 nitrogen and oxygen atoms in total. The van der Waals surface area contributed by atoms with Crippen molar-refractivity contribution in [3.05, 3.63) is 29.6 Å². The van der Waals surface area contributed by atoms with E-state index in [9.17, 15) is 9.18 Å². The van der Waals surface area contributed by atoms with Crippen molar-refractivity contribution in [3.63, 3.8) is 0 Å². The quantitative estimate of drug-likeness (QED) is 0.665. The van der Waals surface area contributed by atoms with E-state index in [2.05, 4.69) is 9.72 Å². The molecule has 0 aromatic carbocycles. The number of carbonyl (C=O) groups is 1. The molecule has 1 aromatic rings. The largest absolute Gasteiger partial charge is 0.466 e. The van der Waals surface area contributed by atoms with Gasteiger partial charge in [-0.1, -0.05) is 6.07 Å². The molecule has 3 atom stereocenters. The second-order valence-corrected chi connectivity index (χ2v) is 4.60. The van der Waals surface area contributed by atoms with Crippen molar-refractivity contribution in [2.75, 3.05) is 7.11 Å². The van der Waals surface area contributed by atoms with Crippen LogP contribution in [-0.4, -0.2) is 24.3 Å². The minimum atomic E-state index is -2.16. The van der Waals surface area contributed by atoms with Crippen LogP contribution in [0.1, 0.15) is 37.1 Å². The summed E-state index contributed by atoms with van der Waals surface area (Å²) in [6.45, 7) is 1.69. The molecular formula is C13H17FN2O3. The molecule has 1 aliphatic rings. The van der Waals surface area contributed by atoms with Crippen LogP contribution in [0.2, 0.25) is 0 Å². The topological polar surface area (TPSA) is 74.4 Å². The first kappa shape index (κ1) is 13.9. The second-order valence-electron chi connectivity index (χ2n) is 4.60. The van der Waals surface area contributed by atoms with Crippen LogP contribution in [0.25, 0.3) is 0 Å². The number of alkyl halides is 1. The number of esters is 1. The van der Waals surface area contributed by atoms with Crippen molar-refractivity contribution in [2.45, 2.75) is 37.8 Å². The smallest absolute Gasteiger partial charge is 0.348 e. The Morgan fingerprint density at radius 1 is 1.68 bits per heavy atom. The number of rotatable bonds is 3. The highest BCUT2D eigenvalue weighted by Gasteiger charge is 2.48. The van der Waals surface area contributed by atoms with Crippen LogP contribution in [0.5, 0.6) is 0 Å². The third-order valence-electron chi connectivity index (χ3n) is 3.21. The lowest BCUT2D eigenvalue weighted by atomic mass is 9.81. The number of pyridine rings is 1. The highest BCUT2D eigenvalue weighted by Crippen LogP contribution is 2.44. The SMILES string of the molecule is COC(=O)[C@]1(F)CC[C@@H](O[C@H](C)N)c2ncccc21. The predicted octanol–water partition coefficient (Wildman–Crippen LogP) is 1.58. The van der Waals surface area contributed by atoms with E-state index in [1.54, 1.807) is 19.2 Å². The van der Waals surface area contributed by atoms with E-state index >= 15 is 0 Å². The fourth-order valence-corrected chi connectivity index (χ4v) is 2.38. The molecule has 0 bridgehead atoms. The number of carbonyl (C=O) groups excluding carboxylic acids is 1. The normalized spacial score (nSPS) is 27.5. The van der Waals surface area contributed by atoms with Crippen LogP contribution >= 0.6 is 0 Å². The lowest BCUT2D eigenvalue weighted by Gasteiger charge is -2.33. The summed E-state index contributed by atoms with van der Waals surface area (Å²) in [5, 5.41) is 0. The van der Waals surface area contributed by atoms with Crippen LogP contribution in [-0.2, 0) is 19.9 Å². The molecule has 0 saturated heterocycles. The summed E-state index contributed by atoms with van der Waals surface area (Å²) >= 11 is 0.